The summed E-state index contributed by atoms with van der Waals surface area (Å²) in [6.07, 6.45) is 3.64. The predicted molar refractivity (Wildman–Crippen MR) is 78.8 cm³/mol. The smallest absolute Gasteiger partial charge is 0.267 e. The quantitative estimate of drug-likeness (QED) is 0.604. The van der Waals surface area contributed by atoms with Crippen molar-refractivity contribution in [3.63, 3.8) is 0 Å². The van der Waals surface area contributed by atoms with Crippen LogP contribution in [0.3, 0.4) is 0 Å². The second kappa shape index (κ2) is 5.87. The Morgan fingerprint density at radius 3 is 2.71 bits per heavy atom. The molecule has 0 saturated carbocycles. The molecule has 4 nitrogen and oxygen atoms in total. The van der Waals surface area contributed by atoms with Crippen molar-refractivity contribution >= 4 is 5.91 Å². The lowest BCUT2D eigenvalue weighted by Gasteiger charge is -2.45. The maximum atomic E-state index is 12.3. The van der Waals surface area contributed by atoms with E-state index in [4.69, 9.17) is 9.15 Å². The fraction of sp³-hybridized carbons (Fsp3) is 0.235. The van der Waals surface area contributed by atoms with Gasteiger partial charge in [-0.3, -0.25) is 4.79 Å². The van der Waals surface area contributed by atoms with E-state index in [1.807, 2.05) is 42.5 Å². The van der Waals surface area contributed by atoms with Crippen LogP contribution in [0.25, 0.3) is 0 Å². The number of para-hydroxylation sites is 1. The number of benzene rings is 1. The molecule has 21 heavy (non-hydrogen) atoms. The van der Waals surface area contributed by atoms with Gasteiger partial charge in [-0.15, -0.1) is 6.58 Å². The number of carbonyl (C=O) groups is 1. The second-order valence-corrected chi connectivity index (χ2v) is 4.92. The minimum atomic E-state index is -0.525. The van der Waals surface area contributed by atoms with Gasteiger partial charge in [0, 0.05) is 6.54 Å². The Bertz CT molecular complexity index is 606. The van der Waals surface area contributed by atoms with E-state index in [2.05, 4.69) is 6.58 Å². The van der Waals surface area contributed by atoms with Gasteiger partial charge in [-0.25, -0.2) is 0 Å². The van der Waals surface area contributed by atoms with Crippen LogP contribution in [0.4, 0.5) is 0 Å². The third kappa shape index (κ3) is 2.57. The van der Waals surface area contributed by atoms with Crippen molar-refractivity contribution in [3.8, 4) is 5.75 Å². The minimum absolute atomic E-state index is 0.0119. The summed E-state index contributed by atoms with van der Waals surface area (Å²) >= 11 is 0. The monoisotopic (exact) mass is 283 g/mol. The first kappa shape index (κ1) is 13.5. The third-order valence-corrected chi connectivity index (χ3v) is 3.56. The predicted octanol–water partition coefficient (Wildman–Crippen LogP) is 3.19. The van der Waals surface area contributed by atoms with Crippen molar-refractivity contribution in [2.75, 3.05) is 6.54 Å². The Labute approximate surface area is 123 Å². The number of hydrogen-bond donors (Lipinski definition) is 0. The maximum Gasteiger partial charge on any atom is 0.267 e. The van der Waals surface area contributed by atoms with Crippen molar-refractivity contribution in [3.05, 3.63) is 67.1 Å². The summed E-state index contributed by atoms with van der Waals surface area (Å²) in [4.78, 5) is 14.1. The molecular formula is C17H17NO3. The van der Waals surface area contributed by atoms with E-state index >= 15 is 0 Å². The van der Waals surface area contributed by atoms with Crippen molar-refractivity contribution in [2.24, 2.45) is 0 Å². The molecule has 1 amide bonds. The standard InChI is InChI=1S/C17H17NO3/c1-2-3-11-18-15(14-10-7-12-20-14)16(17(18)19)21-13-8-5-4-6-9-13/h2,4-10,12,15-16H,1,3,11H2/t15-,16-/m0/s1. The Morgan fingerprint density at radius 1 is 1.24 bits per heavy atom. The van der Waals surface area contributed by atoms with Gasteiger partial charge in [0.15, 0.2) is 0 Å². The van der Waals surface area contributed by atoms with Gasteiger partial charge in [0.2, 0.25) is 6.10 Å². The van der Waals surface area contributed by atoms with Crippen LogP contribution in [0, 0.1) is 0 Å². The van der Waals surface area contributed by atoms with Crippen LogP contribution in [0.2, 0.25) is 0 Å². The summed E-state index contributed by atoms with van der Waals surface area (Å²) in [7, 11) is 0. The molecule has 0 spiro atoms. The SMILES string of the molecule is C=CCCN1C(=O)[C@@H](Oc2ccccc2)[C@@H]1c1ccco1. The fourth-order valence-electron chi connectivity index (χ4n) is 2.52. The highest BCUT2D eigenvalue weighted by Gasteiger charge is 2.51. The molecule has 2 aromatic rings. The van der Waals surface area contributed by atoms with Gasteiger partial charge >= 0.3 is 0 Å². The Kier molecular flexibility index (Phi) is 3.77. The summed E-state index contributed by atoms with van der Waals surface area (Å²) in [5.41, 5.74) is 0. The molecule has 1 aliphatic heterocycles. The Hall–Kier alpha value is -2.49. The molecule has 0 aliphatic carbocycles. The molecule has 1 aromatic heterocycles. The highest BCUT2D eigenvalue weighted by Crippen LogP contribution is 2.37. The molecule has 2 heterocycles. The molecule has 0 radical (unpaired) electrons. The molecule has 1 aromatic carbocycles. The third-order valence-electron chi connectivity index (χ3n) is 3.56. The molecule has 4 heteroatoms. The van der Waals surface area contributed by atoms with Gasteiger partial charge in [0.1, 0.15) is 17.6 Å². The zero-order valence-corrected chi connectivity index (χ0v) is 11.6. The molecule has 0 unspecified atom stereocenters. The fourth-order valence-corrected chi connectivity index (χ4v) is 2.52. The summed E-state index contributed by atoms with van der Waals surface area (Å²) in [5.74, 6) is 1.43. The van der Waals surface area contributed by atoms with E-state index in [-0.39, 0.29) is 11.9 Å². The number of amides is 1. The first-order valence-electron chi connectivity index (χ1n) is 6.98. The van der Waals surface area contributed by atoms with Crippen molar-refractivity contribution in [1.29, 1.82) is 0 Å². The zero-order valence-electron chi connectivity index (χ0n) is 11.6. The van der Waals surface area contributed by atoms with E-state index in [0.29, 0.717) is 12.3 Å². The van der Waals surface area contributed by atoms with E-state index in [1.54, 1.807) is 17.2 Å². The van der Waals surface area contributed by atoms with Crippen LogP contribution in [0.15, 0.2) is 65.8 Å². The summed E-state index contributed by atoms with van der Waals surface area (Å²) < 4.78 is 11.3. The van der Waals surface area contributed by atoms with Gasteiger partial charge in [-0.1, -0.05) is 24.3 Å². The largest absolute Gasteiger partial charge is 0.478 e. The highest BCUT2D eigenvalue weighted by molar-refractivity contribution is 5.89. The lowest BCUT2D eigenvalue weighted by molar-refractivity contribution is -0.165. The summed E-state index contributed by atoms with van der Waals surface area (Å²) in [6, 6.07) is 12.9. The van der Waals surface area contributed by atoms with Crippen molar-refractivity contribution < 1.29 is 13.9 Å². The van der Waals surface area contributed by atoms with Crippen LogP contribution in [-0.2, 0) is 4.79 Å². The van der Waals surface area contributed by atoms with Crippen molar-refractivity contribution in [2.45, 2.75) is 18.6 Å². The lowest BCUT2D eigenvalue weighted by Crippen LogP contribution is -2.61. The number of β-lactam (4-membered cyclic amide) rings is 1. The van der Waals surface area contributed by atoms with E-state index < -0.39 is 6.10 Å². The zero-order chi connectivity index (χ0) is 14.7. The molecule has 2 atom stereocenters. The number of ether oxygens (including phenoxy) is 1. The minimum Gasteiger partial charge on any atom is -0.478 e. The van der Waals surface area contributed by atoms with Gasteiger partial charge in [-0.05, 0) is 30.7 Å². The number of carbonyl (C=O) groups excluding carboxylic acids is 1. The molecule has 3 rings (SSSR count). The topological polar surface area (TPSA) is 42.7 Å². The van der Waals surface area contributed by atoms with Crippen LogP contribution >= 0.6 is 0 Å². The Balaban J connectivity index is 1.79. The van der Waals surface area contributed by atoms with Crippen LogP contribution in [0.5, 0.6) is 5.75 Å². The van der Waals surface area contributed by atoms with Crippen LogP contribution < -0.4 is 4.74 Å². The van der Waals surface area contributed by atoms with Crippen LogP contribution in [-0.4, -0.2) is 23.5 Å². The van der Waals surface area contributed by atoms with Gasteiger partial charge in [-0.2, -0.15) is 0 Å². The Morgan fingerprint density at radius 2 is 2.05 bits per heavy atom. The van der Waals surface area contributed by atoms with Crippen molar-refractivity contribution in [1.82, 2.24) is 4.90 Å². The average molecular weight is 283 g/mol. The molecule has 0 bridgehead atoms. The van der Waals surface area contributed by atoms with E-state index in [9.17, 15) is 4.79 Å². The first-order valence-corrected chi connectivity index (χ1v) is 6.98. The number of hydrogen-bond acceptors (Lipinski definition) is 3. The number of nitrogens with zero attached hydrogens (tertiary/aromatic N) is 1. The first-order chi connectivity index (χ1) is 10.3. The summed E-state index contributed by atoms with van der Waals surface area (Å²) in [5, 5.41) is 0. The van der Waals surface area contributed by atoms with Gasteiger partial charge in [0.05, 0.1) is 6.26 Å². The number of likely N-dealkylation sites (tertiary alicyclic amines) is 1. The summed E-state index contributed by atoms with van der Waals surface area (Å²) in [6.45, 7) is 4.33. The lowest BCUT2D eigenvalue weighted by atomic mass is 9.95. The highest BCUT2D eigenvalue weighted by atomic mass is 16.5. The number of furan rings is 1. The molecule has 108 valence electrons. The molecule has 1 aliphatic rings. The van der Waals surface area contributed by atoms with E-state index in [0.717, 1.165) is 12.2 Å². The number of rotatable bonds is 6. The molecule has 0 N–H and O–H groups in total. The maximum absolute atomic E-state index is 12.3. The molecule has 1 saturated heterocycles. The molecular weight excluding hydrogens is 266 g/mol. The molecule has 1 fully saturated rings. The average Bonchev–Trinajstić information content (AvgIpc) is 3.03. The van der Waals surface area contributed by atoms with Crippen LogP contribution in [0.1, 0.15) is 18.2 Å². The normalized spacial score (nSPS) is 21.0. The van der Waals surface area contributed by atoms with Gasteiger partial charge < -0.3 is 14.1 Å². The van der Waals surface area contributed by atoms with Gasteiger partial charge in [0.25, 0.3) is 5.91 Å². The van der Waals surface area contributed by atoms with E-state index in [1.165, 1.54) is 0 Å². The second-order valence-electron chi connectivity index (χ2n) is 4.92.